The van der Waals surface area contributed by atoms with E-state index in [2.05, 4.69) is 206 Å². The molecular formula is C54H36N2. The molecule has 10 aromatic rings. The Bertz CT molecular complexity index is 2960. The SMILES string of the molecule is c1ccc(-c2ccc(-c3cc(-c4ccc(-c5ccc6c(ccc7nc(-c8ccccc8)cc(-c8ccccc8)c76)c5)cc4)cc(-c4ccccc4)n3)cc2)cc1. The third kappa shape index (κ3) is 6.44. The quantitative estimate of drug-likeness (QED) is 0.154. The van der Waals surface area contributed by atoms with Gasteiger partial charge in [-0.1, -0.05) is 188 Å². The Hall–Kier alpha value is -7.42. The lowest BCUT2D eigenvalue weighted by atomic mass is 9.92. The van der Waals surface area contributed by atoms with E-state index < -0.39 is 0 Å². The Balaban J connectivity index is 1.02. The summed E-state index contributed by atoms with van der Waals surface area (Å²) in [5.41, 5.74) is 16.6. The van der Waals surface area contributed by atoms with Crippen molar-refractivity contribution in [3.63, 3.8) is 0 Å². The van der Waals surface area contributed by atoms with E-state index in [0.29, 0.717) is 0 Å². The lowest BCUT2D eigenvalue weighted by molar-refractivity contribution is 1.32. The fourth-order valence-electron chi connectivity index (χ4n) is 7.77. The highest BCUT2D eigenvalue weighted by atomic mass is 14.7. The van der Waals surface area contributed by atoms with Crippen LogP contribution in [0.15, 0.2) is 218 Å². The molecule has 2 heterocycles. The van der Waals surface area contributed by atoms with Crippen molar-refractivity contribution in [2.75, 3.05) is 0 Å². The van der Waals surface area contributed by atoms with Crippen LogP contribution in [0, 0.1) is 0 Å². The highest BCUT2D eigenvalue weighted by molar-refractivity contribution is 6.14. The molecule has 0 fully saturated rings. The topological polar surface area (TPSA) is 25.8 Å². The summed E-state index contributed by atoms with van der Waals surface area (Å²) in [6, 6.07) is 77.5. The van der Waals surface area contributed by atoms with E-state index in [9.17, 15) is 0 Å². The van der Waals surface area contributed by atoms with Crippen LogP contribution >= 0.6 is 0 Å². The standard InChI is InChI=1S/C54H36N2/c1-5-13-37(14-6-1)38-25-27-44(28-26-38)52-35-47(34-51(56-52)42-17-9-3-10-18-42)40-23-21-39(22-24-40)45-29-31-48-46(33-45)30-32-50-54(48)49(41-15-7-2-8-16-41)36-53(55-50)43-19-11-4-12-20-43/h1-36H. The second-order valence-electron chi connectivity index (χ2n) is 14.2. The molecule has 2 heteroatoms. The molecule has 0 saturated carbocycles. The van der Waals surface area contributed by atoms with Gasteiger partial charge in [0.1, 0.15) is 0 Å². The van der Waals surface area contributed by atoms with E-state index in [1.807, 2.05) is 12.1 Å². The number of aromatic nitrogens is 2. The summed E-state index contributed by atoms with van der Waals surface area (Å²) < 4.78 is 0. The summed E-state index contributed by atoms with van der Waals surface area (Å²) in [5.74, 6) is 0. The molecule has 2 nitrogen and oxygen atoms in total. The third-order valence-electron chi connectivity index (χ3n) is 10.7. The molecular weight excluding hydrogens is 677 g/mol. The van der Waals surface area contributed by atoms with Crippen LogP contribution in [-0.4, -0.2) is 9.97 Å². The molecule has 0 aliphatic heterocycles. The van der Waals surface area contributed by atoms with E-state index in [1.165, 1.54) is 49.5 Å². The maximum atomic E-state index is 5.16. The number of hydrogen-bond donors (Lipinski definition) is 0. The zero-order valence-corrected chi connectivity index (χ0v) is 30.7. The zero-order valence-electron chi connectivity index (χ0n) is 30.7. The van der Waals surface area contributed by atoms with Gasteiger partial charge in [0.15, 0.2) is 0 Å². The van der Waals surface area contributed by atoms with Crippen LogP contribution in [0.3, 0.4) is 0 Å². The lowest BCUT2D eigenvalue weighted by Gasteiger charge is -2.14. The van der Waals surface area contributed by atoms with Gasteiger partial charge in [0.05, 0.1) is 22.6 Å². The van der Waals surface area contributed by atoms with Crippen molar-refractivity contribution < 1.29 is 0 Å². The Morgan fingerprint density at radius 1 is 0.250 bits per heavy atom. The van der Waals surface area contributed by atoms with Gasteiger partial charge in [-0.2, -0.15) is 0 Å². The number of pyridine rings is 2. The zero-order chi connectivity index (χ0) is 37.3. The van der Waals surface area contributed by atoms with Gasteiger partial charge < -0.3 is 0 Å². The van der Waals surface area contributed by atoms with Crippen molar-refractivity contribution in [1.29, 1.82) is 0 Å². The van der Waals surface area contributed by atoms with Gasteiger partial charge in [-0.3, -0.25) is 0 Å². The molecule has 0 saturated heterocycles. The molecule has 0 bridgehead atoms. The van der Waals surface area contributed by atoms with Gasteiger partial charge in [0.25, 0.3) is 0 Å². The molecule has 56 heavy (non-hydrogen) atoms. The van der Waals surface area contributed by atoms with Gasteiger partial charge in [-0.15, -0.1) is 0 Å². The predicted octanol–water partition coefficient (Wildman–Crippen LogP) is 14.5. The monoisotopic (exact) mass is 712 g/mol. The summed E-state index contributed by atoms with van der Waals surface area (Å²) in [7, 11) is 0. The van der Waals surface area contributed by atoms with E-state index >= 15 is 0 Å². The number of hydrogen-bond acceptors (Lipinski definition) is 2. The molecule has 0 radical (unpaired) electrons. The van der Waals surface area contributed by atoms with Crippen molar-refractivity contribution in [2.24, 2.45) is 0 Å². The molecule has 10 rings (SSSR count). The Labute approximate surface area is 327 Å². The number of nitrogens with zero attached hydrogens (tertiary/aromatic N) is 2. The first-order valence-electron chi connectivity index (χ1n) is 19.1. The van der Waals surface area contributed by atoms with Crippen LogP contribution < -0.4 is 0 Å². The first kappa shape index (κ1) is 33.2. The van der Waals surface area contributed by atoms with Crippen molar-refractivity contribution in [3.05, 3.63) is 218 Å². The maximum absolute atomic E-state index is 5.16. The minimum absolute atomic E-state index is 0.951. The molecule has 0 atom stereocenters. The summed E-state index contributed by atoms with van der Waals surface area (Å²) in [5, 5.41) is 3.56. The molecule has 0 N–H and O–H groups in total. The largest absolute Gasteiger partial charge is 0.248 e. The van der Waals surface area contributed by atoms with E-state index in [-0.39, 0.29) is 0 Å². The third-order valence-corrected chi connectivity index (χ3v) is 10.7. The Kier molecular flexibility index (Phi) is 8.55. The van der Waals surface area contributed by atoms with Gasteiger partial charge in [0, 0.05) is 22.1 Å². The first-order valence-corrected chi connectivity index (χ1v) is 19.1. The smallest absolute Gasteiger partial charge is 0.0722 e. The van der Waals surface area contributed by atoms with Crippen molar-refractivity contribution in [2.45, 2.75) is 0 Å². The highest BCUT2D eigenvalue weighted by Gasteiger charge is 2.14. The lowest BCUT2D eigenvalue weighted by Crippen LogP contribution is -1.92. The molecule has 0 spiro atoms. The van der Waals surface area contributed by atoms with Crippen molar-refractivity contribution in [3.8, 4) is 78.3 Å². The summed E-state index contributed by atoms with van der Waals surface area (Å²) in [6.45, 7) is 0. The molecule has 8 aromatic carbocycles. The average molecular weight is 713 g/mol. The Morgan fingerprint density at radius 3 is 1.23 bits per heavy atom. The molecule has 0 amide bonds. The molecule has 2 aromatic heterocycles. The van der Waals surface area contributed by atoms with Crippen LogP contribution in [-0.2, 0) is 0 Å². The summed E-state index contributed by atoms with van der Waals surface area (Å²) in [6.07, 6.45) is 0. The fourth-order valence-corrected chi connectivity index (χ4v) is 7.77. The van der Waals surface area contributed by atoms with E-state index in [0.717, 1.165) is 50.4 Å². The predicted molar refractivity (Wildman–Crippen MR) is 235 cm³/mol. The molecule has 0 unspecified atom stereocenters. The molecule has 0 aliphatic rings. The normalized spacial score (nSPS) is 11.2. The molecule has 262 valence electrons. The van der Waals surface area contributed by atoms with Crippen LogP contribution in [0.4, 0.5) is 0 Å². The minimum Gasteiger partial charge on any atom is -0.248 e. The van der Waals surface area contributed by atoms with Gasteiger partial charge in [-0.05, 0) is 85.6 Å². The summed E-state index contributed by atoms with van der Waals surface area (Å²) >= 11 is 0. The van der Waals surface area contributed by atoms with E-state index in [4.69, 9.17) is 9.97 Å². The number of fused-ring (bicyclic) bond motifs is 3. The van der Waals surface area contributed by atoms with Gasteiger partial charge in [0.2, 0.25) is 0 Å². The second-order valence-corrected chi connectivity index (χ2v) is 14.2. The van der Waals surface area contributed by atoms with Crippen LogP contribution in [0.25, 0.3) is 100.0 Å². The Morgan fingerprint density at radius 2 is 0.661 bits per heavy atom. The first-order chi connectivity index (χ1) is 27.7. The average Bonchev–Trinajstić information content (AvgIpc) is 3.29. The highest BCUT2D eigenvalue weighted by Crippen LogP contribution is 2.38. The minimum atomic E-state index is 0.951. The second kappa shape index (κ2) is 14.4. The summed E-state index contributed by atoms with van der Waals surface area (Å²) in [4.78, 5) is 10.3. The number of rotatable bonds is 7. The fraction of sp³-hybridized carbons (Fsp3) is 0. The van der Waals surface area contributed by atoms with Crippen LogP contribution in [0.2, 0.25) is 0 Å². The molecule has 0 aliphatic carbocycles. The number of benzene rings is 8. The van der Waals surface area contributed by atoms with Gasteiger partial charge >= 0.3 is 0 Å². The maximum Gasteiger partial charge on any atom is 0.0722 e. The van der Waals surface area contributed by atoms with Crippen molar-refractivity contribution in [1.82, 2.24) is 9.97 Å². The van der Waals surface area contributed by atoms with Crippen molar-refractivity contribution >= 4 is 21.7 Å². The van der Waals surface area contributed by atoms with Crippen LogP contribution in [0.5, 0.6) is 0 Å². The van der Waals surface area contributed by atoms with Crippen LogP contribution in [0.1, 0.15) is 0 Å². The van der Waals surface area contributed by atoms with E-state index in [1.54, 1.807) is 0 Å². The van der Waals surface area contributed by atoms with Gasteiger partial charge in [-0.25, -0.2) is 9.97 Å².